The van der Waals surface area contributed by atoms with Crippen molar-refractivity contribution in [2.75, 3.05) is 20.1 Å². The predicted molar refractivity (Wildman–Crippen MR) is 93.3 cm³/mol. The van der Waals surface area contributed by atoms with Gasteiger partial charge in [-0.2, -0.15) is 0 Å². The molecule has 3 heterocycles. The van der Waals surface area contributed by atoms with E-state index in [2.05, 4.69) is 5.32 Å². The van der Waals surface area contributed by atoms with Crippen LogP contribution in [0.3, 0.4) is 0 Å². The molecular formula is C18H20N4O3. The van der Waals surface area contributed by atoms with Gasteiger partial charge in [0.05, 0.1) is 12.1 Å². The quantitative estimate of drug-likeness (QED) is 0.871. The highest BCUT2D eigenvalue weighted by atomic mass is 16.2. The van der Waals surface area contributed by atoms with Gasteiger partial charge in [-0.25, -0.2) is 4.79 Å². The third-order valence-corrected chi connectivity index (χ3v) is 5.25. The number of nitrogens with one attached hydrogen (secondary N) is 1. The molecule has 2 aliphatic heterocycles. The van der Waals surface area contributed by atoms with Crippen molar-refractivity contribution in [3.05, 3.63) is 46.9 Å². The van der Waals surface area contributed by atoms with Crippen LogP contribution in [-0.2, 0) is 11.3 Å². The lowest BCUT2D eigenvalue weighted by Gasteiger charge is -2.35. The minimum Gasteiger partial charge on any atom is -0.339 e. The fraction of sp³-hybridized carbons (Fsp3) is 0.389. The molecule has 0 spiro atoms. The zero-order chi connectivity index (χ0) is 17.6. The Kier molecular flexibility index (Phi) is 3.71. The molecule has 0 unspecified atom stereocenters. The normalized spacial score (nSPS) is 22.8. The molecule has 2 aliphatic rings. The van der Waals surface area contributed by atoms with E-state index in [9.17, 15) is 14.4 Å². The summed E-state index contributed by atoms with van der Waals surface area (Å²) in [5.74, 6) is -0.0976. The van der Waals surface area contributed by atoms with E-state index in [-0.39, 0.29) is 36.1 Å². The van der Waals surface area contributed by atoms with Crippen LogP contribution < -0.4 is 10.9 Å². The molecule has 0 saturated carbocycles. The summed E-state index contributed by atoms with van der Waals surface area (Å²) in [5, 5.41) is 4.40. The zero-order valence-corrected chi connectivity index (χ0v) is 14.0. The van der Waals surface area contributed by atoms with Crippen LogP contribution in [0.4, 0.5) is 4.79 Å². The minimum atomic E-state index is -0.157. The van der Waals surface area contributed by atoms with Gasteiger partial charge < -0.3 is 19.7 Å². The lowest BCUT2D eigenvalue weighted by molar-refractivity contribution is -0.133. The van der Waals surface area contributed by atoms with Crippen molar-refractivity contribution in [1.82, 2.24) is 19.7 Å². The second-order valence-corrected chi connectivity index (χ2v) is 6.70. The van der Waals surface area contributed by atoms with Gasteiger partial charge in [-0.15, -0.1) is 0 Å². The molecule has 2 atom stereocenters. The molecule has 0 radical (unpaired) electrons. The fourth-order valence-corrected chi connectivity index (χ4v) is 3.78. The zero-order valence-electron chi connectivity index (χ0n) is 14.0. The van der Waals surface area contributed by atoms with E-state index in [1.54, 1.807) is 29.1 Å². The van der Waals surface area contributed by atoms with Crippen molar-refractivity contribution >= 4 is 22.7 Å². The second kappa shape index (κ2) is 5.91. The summed E-state index contributed by atoms with van der Waals surface area (Å²) < 4.78 is 1.45. The van der Waals surface area contributed by atoms with Crippen LogP contribution in [0.1, 0.15) is 6.42 Å². The number of hydrogen-bond acceptors (Lipinski definition) is 3. The topological polar surface area (TPSA) is 74.7 Å². The first-order valence-electron chi connectivity index (χ1n) is 8.44. The van der Waals surface area contributed by atoms with Gasteiger partial charge in [-0.3, -0.25) is 9.59 Å². The van der Waals surface area contributed by atoms with E-state index in [1.807, 2.05) is 24.3 Å². The highest BCUT2D eigenvalue weighted by molar-refractivity contribution is 5.82. The number of amides is 3. The molecular weight excluding hydrogens is 320 g/mol. The number of fused-ring (bicyclic) bond motifs is 2. The average Bonchev–Trinajstić information content (AvgIpc) is 2.91. The molecule has 1 aromatic heterocycles. The Bertz CT molecular complexity index is 907. The molecule has 2 saturated heterocycles. The number of rotatable bonds is 2. The minimum absolute atomic E-state index is 0.0187. The summed E-state index contributed by atoms with van der Waals surface area (Å²) in [7, 11) is 1.78. The Hall–Kier alpha value is -2.83. The Morgan fingerprint density at radius 3 is 2.88 bits per heavy atom. The molecule has 4 rings (SSSR count). The molecule has 25 heavy (non-hydrogen) atoms. The van der Waals surface area contributed by atoms with Gasteiger partial charge >= 0.3 is 6.03 Å². The summed E-state index contributed by atoms with van der Waals surface area (Å²) >= 11 is 0. The summed E-state index contributed by atoms with van der Waals surface area (Å²) in [6.07, 6.45) is 2.42. The van der Waals surface area contributed by atoms with Gasteiger partial charge in [0.1, 0.15) is 6.54 Å². The molecule has 7 nitrogen and oxygen atoms in total. The van der Waals surface area contributed by atoms with Crippen LogP contribution in [0.15, 0.2) is 41.3 Å². The monoisotopic (exact) mass is 340 g/mol. The number of pyridine rings is 1. The Morgan fingerprint density at radius 2 is 2.04 bits per heavy atom. The van der Waals surface area contributed by atoms with Gasteiger partial charge in [0.25, 0.3) is 5.56 Å². The summed E-state index contributed by atoms with van der Waals surface area (Å²) in [4.78, 5) is 40.4. The first-order valence-corrected chi connectivity index (χ1v) is 8.44. The molecule has 3 amide bonds. The van der Waals surface area contributed by atoms with Crippen molar-refractivity contribution in [2.24, 2.45) is 0 Å². The second-order valence-electron chi connectivity index (χ2n) is 6.70. The maximum Gasteiger partial charge on any atom is 0.317 e. The molecule has 2 aromatic rings. The van der Waals surface area contributed by atoms with Crippen molar-refractivity contribution in [3.8, 4) is 0 Å². The number of piperidine rings is 1. The smallest absolute Gasteiger partial charge is 0.317 e. The predicted octanol–water partition coefficient (Wildman–Crippen LogP) is 0.626. The maximum absolute atomic E-state index is 12.6. The van der Waals surface area contributed by atoms with Gasteiger partial charge in [0.2, 0.25) is 5.91 Å². The van der Waals surface area contributed by atoms with Gasteiger partial charge in [-0.05, 0) is 23.9 Å². The number of likely N-dealkylation sites (tertiary alicyclic amines) is 1. The van der Waals surface area contributed by atoms with E-state index >= 15 is 0 Å². The Labute approximate surface area is 144 Å². The number of aromatic nitrogens is 1. The SMILES string of the molecule is CN1C(=O)N[C@@H]2CN(C(=O)Cn3ccc4ccccc4c3=O)CC[C@@H]21. The van der Waals surface area contributed by atoms with Crippen LogP contribution >= 0.6 is 0 Å². The number of carbonyl (C=O) groups is 2. The summed E-state index contributed by atoms with van der Waals surface area (Å²) in [6, 6.07) is 9.22. The summed E-state index contributed by atoms with van der Waals surface area (Å²) in [6.45, 7) is 1.11. The van der Waals surface area contributed by atoms with Crippen LogP contribution in [0, 0.1) is 0 Å². The lowest BCUT2D eigenvalue weighted by atomic mass is 10.0. The first kappa shape index (κ1) is 15.7. The average molecular weight is 340 g/mol. The van der Waals surface area contributed by atoms with Crippen LogP contribution in [0.25, 0.3) is 10.8 Å². The van der Waals surface area contributed by atoms with E-state index < -0.39 is 0 Å². The number of urea groups is 1. The van der Waals surface area contributed by atoms with E-state index in [1.165, 1.54) is 4.57 Å². The lowest BCUT2D eigenvalue weighted by Crippen LogP contribution is -2.53. The van der Waals surface area contributed by atoms with Gasteiger partial charge in [0, 0.05) is 31.7 Å². The molecule has 0 aliphatic carbocycles. The summed E-state index contributed by atoms with van der Waals surface area (Å²) in [5.41, 5.74) is -0.157. The standard InChI is InChI=1S/C18H20N4O3/c1-20-15-7-9-21(10-14(15)19-18(20)25)16(23)11-22-8-6-12-4-2-3-5-13(12)17(22)24/h2-6,8,14-15H,7,9-11H2,1H3,(H,19,25)/t14-,15+/m1/s1. The van der Waals surface area contributed by atoms with Crippen molar-refractivity contribution < 1.29 is 9.59 Å². The molecule has 0 bridgehead atoms. The van der Waals surface area contributed by atoms with Crippen LogP contribution in [0.2, 0.25) is 0 Å². The number of benzene rings is 1. The number of likely N-dealkylation sites (N-methyl/N-ethyl adjacent to an activating group) is 1. The number of carbonyl (C=O) groups excluding carboxylic acids is 2. The Morgan fingerprint density at radius 1 is 1.24 bits per heavy atom. The fourth-order valence-electron chi connectivity index (χ4n) is 3.78. The van der Waals surface area contributed by atoms with E-state index in [4.69, 9.17) is 0 Å². The van der Waals surface area contributed by atoms with E-state index in [0.29, 0.717) is 18.5 Å². The van der Waals surface area contributed by atoms with Crippen molar-refractivity contribution in [1.29, 1.82) is 0 Å². The van der Waals surface area contributed by atoms with Gasteiger partial charge in [0.15, 0.2) is 0 Å². The van der Waals surface area contributed by atoms with E-state index in [0.717, 1.165) is 11.8 Å². The first-order chi connectivity index (χ1) is 12.0. The third kappa shape index (κ3) is 2.65. The molecule has 7 heteroatoms. The van der Waals surface area contributed by atoms with Gasteiger partial charge in [-0.1, -0.05) is 18.2 Å². The highest BCUT2D eigenvalue weighted by Crippen LogP contribution is 2.21. The maximum atomic E-state index is 12.6. The number of hydrogen-bond donors (Lipinski definition) is 1. The highest BCUT2D eigenvalue weighted by Gasteiger charge is 2.41. The largest absolute Gasteiger partial charge is 0.339 e. The van der Waals surface area contributed by atoms with Crippen molar-refractivity contribution in [2.45, 2.75) is 25.0 Å². The third-order valence-electron chi connectivity index (χ3n) is 5.25. The van der Waals surface area contributed by atoms with Crippen LogP contribution in [-0.4, -0.2) is 58.5 Å². The molecule has 130 valence electrons. The molecule has 2 fully saturated rings. The van der Waals surface area contributed by atoms with Crippen LogP contribution in [0.5, 0.6) is 0 Å². The molecule has 1 N–H and O–H groups in total. The molecule has 1 aromatic carbocycles. The Balaban J connectivity index is 1.50. The number of nitrogens with zero attached hydrogens (tertiary/aromatic N) is 3. The van der Waals surface area contributed by atoms with Crippen molar-refractivity contribution in [3.63, 3.8) is 0 Å².